The number of aryl methyl sites for hydroxylation is 1. The van der Waals surface area contributed by atoms with Gasteiger partial charge in [-0.3, -0.25) is 0 Å². The SMILES string of the molecule is C1=CC2=C(CC1)CCc1c2ccc2ccccc12.CC1(C)C=CC(C)(C)c2cc(Br)ccc21. The van der Waals surface area contributed by atoms with Crippen LogP contribution < -0.4 is 0 Å². The summed E-state index contributed by atoms with van der Waals surface area (Å²) < 4.78 is 1.17. The van der Waals surface area contributed by atoms with Crippen LogP contribution in [0.25, 0.3) is 16.3 Å². The lowest BCUT2D eigenvalue weighted by Crippen LogP contribution is -2.28. The summed E-state index contributed by atoms with van der Waals surface area (Å²) in [5.74, 6) is 0. The Labute approximate surface area is 207 Å². The van der Waals surface area contributed by atoms with E-state index in [0.717, 1.165) is 0 Å². The molecule has 3 aliphatic rings. The van der Waals surface area contributed by atoms with E-state index in [-0.39, 0.29) is 10.8 Å². The molecule has 0 bridgehead atoms. The van der Waals surface area contributed by atoms with Crippen LogP contribution >= 0.6 is 15.9 Å². The van der Waals surface area contributed by atoms with Gasteiger partial charge in [0.25, 0.3) is 0 Å². The van der Waals surface area contributed by atoms with E-state index in [2.05, 4.69) is 123 Å². The first-order valence-electron chi connectivity index (χ1n) is 12.2. The number of benzene rings is 3. The van der Waals surface area contributed by atoms with Crippen LogP contribution in [0.15, 0.2) is 88.9 Å². The number of rotatable bonds is 0. The maximum absolute atomic E-state index is 3.56. The Morgan fingerprint density at radius 3 is 2.33 bits per heavy atom. The summed E-state index contributed by atoms with van der Waals surface area (Å²) in [4.78, 5) is 0. The van der Waals surface area contributed by atoms with E-state index in [1.807, 2.05) is 0 Å². The molecule has 168 valence electrons. The van der Waals surface area contributed by atoms with Crippen molar-refractivity contribution in [3.8, 4) is 0 Å². The molecule has 0 spiro atoms. The molecule has 0 atom stereocenters. The van der Waals surface area contributed by atoms with Gasteiger partial charge in [0.1, 0.15) is 0 Å². The molecule has 0 fully saturated rings. The molecule has 0 radical (unpaired) electrons. The van der Waals surface area contributed by atoms with Crippen LogP contribution in [0, 0.1) is 0 Å². The van der Waals surface area contributed by atoms with Gasteiger partial charge in [-0.2, -0.15) is 0 Å². The van der Waals surface area contributed by atoms with Crippen molar-refractivity contribution in [3.05, 3.63) is 111 Å². The Kier molecular flexibility index (Phi) is 5.73. The van der Waals surface area contributed by atoms with Gasteiger partial charge >= 0.3 is 0 Å². The molecule has 0 unspecified atom stereocenters. The summed E-state index contributed by atoms with van der Waals surface area (Å²) in [5.41, 5.74) is 9.39. The van der Waals surface area contributed by atoms with Crippen LogP contribution in [-0.4, -0.2) is 0 Å². The van der Waals surface area contributed by atoms with E-state index >= 15 is 0 Å². The fourth-order valence-corrected chi connectivity index (χ4v) is 5.95. The van der Waals surface area contributed by atoms with Crippen molar-refractivity contribution in [2.24, 2.45) is 0 Å². The van der Waals surface area contributed by atoms with Crippen molar-refractivity contribution in [3.63, 3.8) is 0 Å². The zero-order valence-corrected chi connectivity index (χ0v) is 21.8. The first kappa shape index (κ1) is 22.4. The van der Waals surface area contributed by atoms with Crippen molar-refractivity contribution in [1.29, 1.82) is 0 Å². The van der Waals surface area contributed by atoms with E-state index < -0.39 is 0 Å². The van der Waals surface area contributed by atoms with Crippen LogP contribution in [-0.2, 0) is 17.3 Å². The average molecular weight is 498 g/mol. The molecule has 0 aliphatic heterocycles. The molecule has 3 aromatic carbocycles. The lowest BCUT2D eigenvalue weighted by atomic mass is 9.68. The highest BCUT2D eigenvalue weighted by atomic mass is 79.9. The van der Waals surface area contributed by atoms with Gasteiger partial charge in [0.2, 0.25) is 0 Å². The van der Waals surface area contributed by atoms with E-state index in [0.29, 0.717) is 0 Å². The van der Waals surface area contributed by atoms with Crippen LogP contribution in [0.3, 0.4) is 0 Å². The average Bonchev–Trinajstić information content (AvgIpc) is 2.82. The Morgan fingerprint density at radius 2 is 1.52 bits per heavy atom. The monoisotopic (exact) mass is 496 g/mol. The highest BCUT2D eigenvalue weighted by Crippen LogP contribution is 2.42. The first-order chi connectivity index (χ1) is 15.8. The Balaban J connectivity index is 0.000000141. The first-order valence-corrected chi connectivity index (χ1v) is 13.0. The molecule has 33 heavy (non-hydrogen) atoms. The molecule has 0 nitrogen and oxygen atoms in total. The molecule has 1 heteroatoms. The highest BCUT2D eigenvalue weighted by Gasteiger charge is 2.32. The van der Waals surface area contributed by atoms with Gasteiger partial charge in [-0.15, -0.1) is 0 Å². The van der Waals surface area contributed by atoms with Gasteiger partial charge in [0.05, 0.1) is 0 Å². The molecule has 0 saturated heterocycles. The Hall–Kier alpha value is -2.38. The van der Waals surface area contributed by atoms with Crippen LogP contribution in [0.4, 0.5) is 0 Å². The predicted molar refractivity (Wildman–Crippen MR) is 147 cm³/mol. The highest BCUT2D eigenvalue weighted by molar-refractivity contribution is 9.10. The van der Waals surface area contributed by atoms with Crippen molar-refractivity contribution < 1.29 is 0 Å². The largest absolute Gasteiger partial charge is 0.0836 e. The van der Waals surface area contributed by atoms with Crippen LogP contribution in [0.2, 0.25) is 0 Å². The molecular weight excluding hydrogens is 464 g/mol. The second-order valence-corrected chi connectivity index (χ2v) is 11.7. The van der Waals surface area contributed by atoms with Gasteiger partial charge in [-0.1, -0.05) is 116 Å². The predicted octanol–water partition coefficient (Wildman–Crippen LogP) is 9.46. The summed E-state index contributed by atoms with van der Waals surface area (Å²) in [5, 5.41) is 2.82. The van der Waals surface area contributed by atoms with Gasteiger partial charge in [-0.25, -0.2) is 0 Å². The molecular formula is C32H33Br. The summed E-state index contributed by atoms with van der Waals surface area (Å²) in [6.45, 7) is 9.07. The number of allylic oxidation sites excluding steroid dienone is 6. The van der Waals surface area contributed by atoms with Crippen molar-refractivity contribution in [2.45, 2.75) is 64.2 Å². The van der Waals surface area contributed by atoms with E-state index in [1.165, 1.54) is 63.2 Å². The standard InChI is InChI=1S/C18H16.C14H17Br/c1-3-7-15-13(5-1)9-11-18-16-8-4-2-6-14(16)10-12-17(15)18;1-13(2)7-8-14(3,4)12-9-10(15)5-6-11(12)13/h1,3-5,7-9,11H,2,6,10,12H2;5-9H,1-4H3. The van der Waals surface area contributed by atoms with Crippen molar-refractivity contribution in [1.82, 2.24) is 0 Å². The Morgan fingerprint density at radius 1 is 0.758 bits per heavy atom. The quantitative estimate of drug-likeness (QED) is 0.271. The van der Waals surface area contributed by atoms with Gasteiger partial charge in [-0.05, 0) is 76.4 Å². The molecule has 0 aromatic heterocycles. The topological polar surface area (TPSA) is 0 Å². The number of hydrogen-bond acceptors (Lipinski definition) is 0. The molecule has 3 aliphatic carbocycles. The smallest absolute Gasteiger partial charge is 0.0178 e. The zero-order chi connectivity index (χ0) is 23.2. The zero-order valence-electron chi connectivity index (χ0n) is 20.2. The van der Waals surface area contributed by atoms with Crippen molar-refractivity contribution in [2.75, 3.05) is 0 Å². The van der Waals surface area contributed by atoms with Gasteiger partial charge < -0.3 is 0 Å². The molecule has 3 aromatic rings. The maximum atomic E-state index is 3.56. The van der Waals surface area contributed by atoms with Crippen molar-refractivity contribution >= 4 is 32.3 Å². The molecule has 0 heterocycles. The summed E-state index contributed by atoms with van der Waals surface area (Å²) >= 11 is 3.56. The molecule has 0 saturated carbocycles. The second kappa shape index (κ2) is 8.44. The normalized spacial score (nSPS) is 19.3. The summed E-state index contributed by atoms with van der Waals surface area (Å²) in [7, 11) is 0. The maximum Gasteiger partial charge on any atom is 0.0178 e. The van der Waals surface area contributed by atoms with Gasteiger partial charge in [0, 0.05) is 15.3 Å². The van der Waals surface area contributed by atoms with Gasteiger partial charge in [0.15, 0.2) is 0 Å². The van der Waals surface area contributed by atoms with Crippen LogP contribution in [0.1, 0.15) is 69.2 Å². The fourth-order valence-electron chi connectivity index (χ4n) is 5.59. The molecule has 0 N–H and O–H groups in total. The summed E-state index contributed by atoms with van der Waals surface area (Å²) in [6.07, 6.45) is 14.3. The number of fused-ring (bicyclic) bond motifs is 5. The third kappa shape index (κ3) is 4.17. The minimum atomic E-state index is 0.147. The third-order valence-corrected chi connectivity index (χ3v) is 8.07. The molecule has 6 rings (SSSR count). The fraction of sp³-hybridized carbons (Fsp3) is 0.312. The van der Waals surface area contributed by atoms with E-state index in [4.69, 9.17) is 0 Å². The lowest BCUT2D eigenvalue weighted by molar-refractivity contribution is 0.563. The van der Waals surface area contributed by atoms with E-state index in [1.54, 1.807) is 11.1 Å². The van der Waals surface area contributed by atoms with Crippen LogP contribution in [0.5, 0.6) is 0 Å². The summed E-state index contributed by atoms with van der Waals surface area (Å²) in [6, 6.07) is 20.0. The minimum Gasteiger partial charge on any atom is -0.0836 e. The number of halogens is 1. The Bertz CT molecular complexity index is 1310. The van der Waals surface area contributed by atoms with E-state index in [9.17, 15) is 0 Å². The minimum absolute atomic E-state index is 0.147. The number of hydrogen-bond donors (Lipinski definition) is 0. The second-order valence-electron chi connectivity index (χ2n) is 10.7. The molecule has 0 amide bonds. The lowest BCUT2D eigenvalue weighted by Gasteiger charge is -2.36. The third-order valence-electron chi connectivity index (χ3n) is 7.57.